The molecule has 0 saturated heterocycles. The van der Waals surface area contributed by atoms with Crippen LogP contribution in [-0.2, 0) is 4.84 Å². The van der Waals surface area contributed by atoms with Crippen molar-refractivity contribution in [3.8, 4) is 21.1 Å². The third kappa shape index (κ3) is 3.98. The van der Waals surface area contributed by atoms with E-state index >= 15 is 0 Å². The summed E-state index contributed by atoms with van der Waals surface area (Å²) >= 11 is 1.59. The summed E-state index contributed by atoms with van der Waals surface area (Å²) in [5.74, 6) is 0. The molecule has 0 aromatic carbocycles. The number of oxime groups is 1. The Labute approximate surface area is 138 Å². The molecule has 0 atom stereocenters. The molecule has 6 heteroatoms. The van der Waals surface area contributed by atoms with Crippen LogP contribution in [0.3, 0.4) is 0 Å². The van der Waals surface area contributed by atoms with Gasteiger partial charge in [-0.1, -0.05) is 11.2 Å². The minimum atomic E-state index is 0.0537. The molecular weight excluding hydrogens is 308 g/mol. The van der Waals surface area contributed by atoms with Gasteiger partial charge in [-0.2, -0.15) is 0 Å². The molecule has 0 N–H and O–H groups in total. The molecule has 3 heterocycles. The molecule has 3 aromatic rings. The van der Waals surface area contributed by atoms with Crippen LogP contribution in [0.5, 0.6) is 0 Å². The number of nitrogens with zero attached hydrogens (tertiary/aromatic N) is 4. The summed E-state index contributed by atoms with van der Waals surface area (Å²) in [6, 6.07) is 9.69. The van der Waals surface area contributed by atoms with Crippen LogP contribution >= 0.6 is 11.3 Å². The molecule has 0 unspecified atom stereocenters. The highest BCUT2D eigenvalue weighted by Gasteiger charge is 2.08. The monoisotopic (exact) mass is 324 g/mol. The predicted molar refractivity (Wildman–Crippen MR) is 92.4 cm³/mol. The number of thiazole rings is 1. The first kappa shape index (κ1) is 15.3. The maximum atomic E-state index is 5.17. The van der Waals surface area contributed by atoms with Gasteiger partial charge in [-0.3, -0.25) is 4.98 Å². The highest BCUT2D eigenvalue weighted by Crippen LogP contribution is 2.30. The van der Waals surface area contributed by atoms with Crippen molar-refractivity contribution in [1.82, 2.24) is 15.0 Å². The van der Waals surface area contributed by atoms with Crippen LogP contribution in [0.1, 0.15) is 19.5 Å². The van der Waals surface area contributed by atoms with Gasteiger partial charge in [0.1, 0.15) is 11.1 Å². The second kappa shape index (κ2) is 7.11. The molecule has 0 amide bonds. The van der Waals surface area contributed by atoms with Gasteiger partial charge < -0.3 is 4.84 Å². The van der Waals surface area contributed by atoms with E-state index in [0.717, 1.165) is 26.8 Å². The lowest BCUT2D eigenvalue weighted by Gasteiger charge is -2.01. The number of hydrogen-bond donors (Lipinski definition) is 0. The van der Waals surface area contributed by atoms with Gasteiger partial charge in [-0.15, -0.1) is 11.3 Å². The summed E-state index contributed by atoms with van der Waals surface area (Å²) in [5.41, 5.74) is 2.62. The van der Waals surface area contributed by atoms with E-state index in [9.17, 15) is 0 Å². The molecule has 3 aromatic heterocycles. The average Bonchev–Trinajstić information content (AvgIpc) is 3.06. The lowest BCUT2D eigenvalue weighted by Crippen LogP contribution is -1.97. The maximum Gasteiger partial charge on any atom is 0.125 e. The fourth-order valence-corrected chi connectivity index (χ4v) is 2.76. The molecule has 0 fully saturated rings. The molecular formula is C17H16N4OS. The zero-order valence-electron chi connectivity index (χ0n) is 12.9. The van der Waals surface area contributed by atoms with Crippen LogP contribution in [0.15, 0.2) is 54.1 Å². The van der Waals surface area contributed by atoms with Crippen LogP contribution < -0.4 is 0 Å². The van der Waals surface area contributed by atoms with Crippen molar-refractivity contribution >= 4 is 17.6 Å². The SMILES string of the molecule is CC(C)O/N=C/c1cccc(-c2cnc(-c3cccnc3)s2)n1. The Hall–Kier alpha value is -2.60. The van der Waals surface area contributed by atoms with Gasteiger partial charge >= 0.3 is 0 Å². The third-order valence-electron chi connectivity index (χ3n) is 2.89. The second-order valence-corrected chi connectivity index (χ2v) is 6.14. The average molecular weight is 324 g/mol. The summed E-state index contributed by atoms with van der Waals surface area (Å²) in [5, 5.41) is 4.85. The van der Waals surface area contributed by atoms with Gasteiger partial charge in [0.05, 0.1) is 22.5 Å². The van der Waals surface area contributed by atoms with Crippen LogP contribution in [-0.4, -0.2) is 27.3 Å². The van der Waals surface area contributed by atoms with Gasteiger partial charge in [0, 0.05) is 24.2 Å². The molecule has 0 radical (unpaired) electrons. The summed E-state index contributed by atoms with van der Waals surface area (Å²) in [7, 11) is 0. The smallest absolute Gasteiger partial charge is 0.125 e. The van der Waals surface area contributed by atoms with E-state index < -0.39 is 0 Å². The summed E-state index contributed by atoms with van der Waals surface area (Å²) in [4.78, 5) is 19.3. The van der Waals surface area contributed by atoms with Crippen molar-refractivity contribution in [1.29, 1.82) is 0 Å². The number of rotatable bonds is 5. The van der Waals surface area contributed by atoms with Crippen molar-refractivity contribution in [3.63, 3.8) is 0 Å². The molecule has 0 spiro atoms. The molecule has 0 saturated carbocycles. The third-order valence-corrected chi connectivity index (χ3v) is 3.96. The van der Waals surface area contributed by atoms with E-state index in [4.69, 9.17) is 4.84 Å². The minimum absolute atomic E-state index is 0.0537. The number of hydrogen-bond acceptors (Lipinski definition) is 6. The minimum Gasteiger partial charge on any atom is -0.393 e. The van der Waals surface area contributed by atoms with Gasteiger partial charge in [0.25, 0.3) is 0 Å². The van der Waals surface area contributed by atoms with Gasteiger partial charge in [0.15, 0.2) is 0 Å². The van der Waals surface area contributed by atoms with Crippen molar-refractivity contribution < 1.29 is 4.84 Å². The highest BCUT2D eigenvalue weighted by molar-refractivity contribution is 7.18. The van der Waals surface area contributed by atoms with E-state index in [1.54, 1.807) is 23.7 Å². The van der Waals surface area contributed by atoms with Crippen molar-refractivity contribution in [3.05, 3.63) is 54.6 Å². The van der Waals surface area contributed by atoms with Gasteiger partial charge in [0.2, 0.25) is 0 Å². The van der Waals surface area contributed by atoms with Crippen LogP contribution in [0.25, 0.3) is 21.1 Å². The number of aromatic nitrogens is 3. The Bertz CT molecular complexity index is 799. The largest absolute Gasteiger partial charge is 0.393 e. The van der Waals surface area contributed by atoms with E-state index in [1.807, 2.05) is 56.6 Å². The first-order valence-corrected chi connectivity index (χ1v) is 8.07. The van der Waals surface area contributed by atoms with Crippen LogP contribution in [0.2, 0.25) is 0 Å². The molecule has 23 heavy (non-hydrogen) atoms. The zero-order valence-corrected chi connectivity index (χ0v) is 13.7. The predicted octanol–water partition coefficient (Wildman–Crippen LogP) is 4.03. The molecule has 3 rings (SSSR count). The first-order chi connectivity index (χ1) is 11.2. The van der Waals surface area contributed by atoms with Crippen LogP contribution in [0.4, 0.5) is 0 Å². The van der Waals surface area contributed by atoms with Crippen molar-refractivity contribution in [2.75, 3.05) is 0 Å². The fourth-order valence-electron chi connectivity index (χ4n) is 1.88. The van der Waals surface area contributed by atoms with Crippen molar-refractivity contribution in [2.45, 2.75) is 20.0 Å². The van der Waals surface area contributed by atoms with E-state index in [1.165, 1.54) is 0 Å². The fraction of sp³-hybridized carbons (Fsp3) is 0.176. The van der Waals surface area contributed by atoms with E-state index in [-0.39, 0.29) is 6.10 Å². The molecule has 116 valence electrons. The Kier molecular flexibility index (Phi) is 4.73. The Morgan fingerprint density at radius 1 is 1.17 bits per heavy atom. The quantitative estimate of drug-likeness (QED) is 0.525. The summed E-state index contributed by atoms with van der Waals surface area (Å²) in [6.45, 7) is 3.86. The molecule has 0 aliphatic heterocycles. The summed E-state index contributed by atoms with van der Waals surface area (Å²) < 4.78 is 0. The van der Waals surface area contributed by atoms with Crippen LogP contribution in [0, 0.1) is 0 Å². The van der Waals surface area contributed by atoms with Gasteiger partial charge in [-0.25, -0.2) is 9.97 Å². The highest BCUT2D eigenvalue weighted by atomic mass is 32.1. The Balaban J connectivity index is 1.82. The van der Waals surface area contributed by atoms with Gasteiger partial charge in [-0.05, 0) is 38.1 Å². The van der Waals surface area contributed by atoms with E-state index in [2.05, 4.69) is 20.1 Å². The normalized spacial score (nSPS) is 11.3. The molecule has 5 nitrogen and oxygen atoms in total. The summed E-state index contributed by atoms with van der Waals surface area (Å²) in [6.07, 6.45) is 7.07. The molecule has 0 aliphatic carbocycles. The standard InChI is InChI=1S/C17H16N4OS/c1-12(2)22-20-10-14-6-3-7-15(21-14)16-11-19-17(23-16)13-5-4-8-18-9-13/h3-12H,1-2H3/b20-10+. The number of pyridine rings is 2. The molecule has 0 bridgehead atoms. The maximum absolute atomic E-state index is 5.17. The lowest BCUT2D eigenvalue weighted by molar-refractivity contribution is 0.0873. The Morgan fingerprint density at radius 2 is 2.09 bits per heavy atom. The zero-order chi connectivity index (χ0) is 16.1. The Morgan fingerprint density at radius 3 is 2.87 bits per heavy atom. The lowest BCUT2D eigenvalue weighted by atomic mass is 10.3. The second-order valence-electron chi connectivity index (χ2n) is 5.11. The van der Waals surface area contributed by atoms with Crippen molar-refractivity contribution in [2.24, 2.45) is 5.16 Å². The topological polar surface area (TPSA) is 60.3 Å². The van der Waals surface area contributed by atoms with E-state index in [0.29, 0.717) is 0 Å². The first-order valence-electron chi connectivity index (χ1n) is 7.25. The molecule has 0 aliphatic rings.